The van der Waals surface area contributed by atoms with E-state index in [1.165, 1.54) is 57.8 Å². The van der Waals surface area contributed by atoms with Crippen molar-refractivity contribution in [3.05, 3.63) is 0 Å². The molecule has 0 heterocycles. The standard InChI is InChI=1S/C17H33N3O/c1-18-12-17(21)20-16-9-5-14(6-10-16)11-13-3-7-15(19-2)8-4-13/h13-16,18-19H,3-12H2,1-2H3,(H,20,21). The molecule has 0 unspecified atom stereocenters. The molecule has 0 aromatic rings. The van der Waals surface area contributed by atoms with Crippen LogP contribution in [0.5, 0.6) is 0 Å². The number of nitrogens with one attached hydrogen (secondary N) is 3. The molecule has 0 atom stereocenters. The average molecular weight is 295 g/mol. The number of carbonyl (C=O) groups excluding carboxylic acids is 1. The summed E-state index contributed by atoms with van der Waals surface area (Å²) >= 11 is 0. The van der Waals surface area contributed by atoms with Gasteiger partial charge in [0, 0.05) is 12.1 Å². The summed E-state index contributed by atoms with van der Waals surface area (Å²) < 4.78 is 0. The Morgan fingerprint density at radius 1 is 0.857 bits per heavy atom. The first kappa shape index (κ1) is 16.8. The summed E-state index contributed by atoms with van der Waals surface area (Å²) in [7, 11) is 3.91. The van der Waals surface area contributed by atoms with Gasteiger partial charge in [0.15, 0.2) is 0 Å². The fraction of sp³-hybridized carbons (Fsp3) is 0.941. The van der Waals surface area contributed by atoms with Crippen molar-refractivity contribution >= 4 is 5.91 Å². The molecule has 21 heavy (non-hydrogen) atoms. The third kappa shape index (κ3) is 5.59. The second-order valence-corrected chi connectivity index (χ2v) is 7.06. The maximum absolute atomic E-state index is 11.6. The molecular weight excluding hydrogens is 262 g/mol. The maximum atomic E-state index is 11.6. The van der Waals surface area contributed by atoms with E-state index < -0.39 is 0 Å². The molecule has 0 aromatic heterocycles. The minimum Gasteiger partial charge on any atom is -0.352 e. The van der Waals surface area contributed by atoms with Gasteiger partial charge in [0.05, 0.1) is 6.54 Å². The van der Waals surface area contributed by atoms with Crippen LogP contribution in [0.3, 0.4) is 0 Å². The lowest BCUT2D eigenvalue weighted by molar-refractivity contribution is -0.121. The van der Waals surface area contributed by atoms with Crippen molar-refractivity contribution in [1.29, 1.82) is 0 Å². The van der Waals surface area contributed by atoms with Gasteiger partial charge < -0.3 is 16.0 Å². The third-order valence-corrected chi connectivity index (χ3v) is 5.47. The highest BCUT2D eigenvalue weighted by atomic mass is 16.1. The summed E-state index contributed by atoms with van der Waals surface area (Å²) in [5, 5.41) is 9.48. The molecule has 4 nitrogen and oxygen atoms in total. The van der Waals surface area contributed by atoms with Crippen LogP contribution in [0.25, 0.3) is 0 Å². The molecular formula is C17H33N3O. The fourth-order valence-electron chi connectivity index (χ4n) is 4.14. The Morgan fingerprint density at radius 3 is 1.86 bits per heavy atom. The number of rotatable bonds is 6. The van der Waals surface area contributed by atoms with Gasteiger partial charge in [-0.3, -0.25) is 4.79 Å². The Labute approximate surface area is 129 Å². The molecule has 0 bridgehead atoms. The number of amides is 1. The van der Waals surface area contributed by atoms with E-state index in [1.807, 2.05) is 7.05 Å². The first-order valence-corrected chi connectivity index (χ1v) is 8.82. The van der Waals surface area contributed by atoms with Crippen LogP contribution in [-0.2, 0) is 4.79 Å². The normalized spacial score (nSPS) is 33.6. The van der Waals surface area contributed by atoms with Crippen LogP contribution in [0.2, 0.25) is 0 Å². The van der Waals surface area contributed by atoms with E-state index in [0.29, 0.717) is 12.6 Å². The molecule has 0 radical (unpaired) electrons. The molecule has 2 saturated carbocycles. The molecule has 3 N–H and O–H groups in total. The Morgan fingerprint density at radius 2 is 1.38 bits per heavy atom. The van der Waals surface area contributed by atoms with Crippen LogP contribution in [0.1, 0.15) is 57.8 Å². The molecule has 0 spiro atoms. The Balaban J connectivity index is 1.62. The SMILES string of the molecule is CNCC(=O)NC1CCC(CC2CCC(NC)CC2)CC1. The second kappa shape index (κ2) is 8.74. The van der Waals surface area contributed by atoms with Crippen molar-refractivity contribution in [2.45, 2.75) is 69.9 Å². The molecule has 2 rings (SSSR count). The third-order valence-electron chi connectivity index (χ3n) is 5.47. The largest absolute Gasteiger partial charge is 0.352 e. The van der Waals surface area contributed by atoms with Gasteiger partial charge in [-0.25, -0.2) is 0 Å². The zero-order valence-corrected chi connectivity index (χ0v) is 13.8. The number of hydrogen-bond donors (Lipinski definition) is 3. The zero-order chi connectivity index (χ0) is 15.1. The lowest BCUT2D eigenvalue weighted by atomic mass is 9.76. The van der Waals surface area contributed by atoms with Crippen LogP contribution in [0.4, 0.5) is 0 Å². The molecule has 1 amide bonds. The highest BCUT2D eigenvalue weighted by molar-refractivity contribution is 5.78. The summed E-state index contributed by atoms with van der Waals surface area (Å²) in [5.74, 6) is 2.00. The predicted molar refractivity (Wildman–Crippen MR) is 87.2 cm³/mol. The van der Waals surface area contributed by atoms with Crippen molar-refractivity contribution in [1.82, 2.24) is 16.0 Å². The summed E-state index contributed by atoms with van der Waals surface area (Å²) in [6, 6.07) is 1.18. The van der Waals surface area contributed by atoms with E-state index >= 15 is 0 Å². The Hall–Kier alpha value is -0.610. The quantitative estimate of drug-likeness (QED) is 0.703. The lowest BCUT2D eigenvalue weighted by Crippen LogP contribution is -2.41. The molecule has 4 heteroatoms. The van der Waals surface area contributed by atoms with Crippen LogP contribution in [0, 0.1) is 11.8 Å². The van der Waals surface area contributed by atoms with E-state index in [2.05, 4.69) is 23.0 Å². The zero-order valence-electron chi connectivity index (χ0n) is 13.8. The van der Waals surface area contributed by atoms with Gasteiger partial charge in [-0.05, 0) is 83.7 Å². The van der Waals surface area contributed by atoms with Crippen molar-refractivity contribution in [2.75, 3.05) is 20.6 Å². The molecule has 2 fully saturated rings. The van der Waals surface area contributed by atoms with E-state index in [-0.39, 0.29) is 5.91 Å². The number of hydrogen-bond acceptors (Lipinski definition) is 3. The van der Waals surface area contributed by atoms with Gasteiger partial charge >= 0.3 is 0 Å². The van der Waals surface area contributed by atoms with Gasteiger partial charge in [-0.1, -0.05) is 0 Å². The molecule has 0 aliphatic heterocycles. The van der Waals surface area contributed by atoms with Gasteiger partial charge in [-0.15, -0.1) is 0 Å². The summed E-state index contributed by atoms with van der Waals surface area (Å²) in [5.41, 5.74) is 0. The van der Waals surface area contributed by atoms with Crippen molar-refractivity contribution in [2.24, 2.45) is 11.8 Å². The van der Waals surface area contributed by atoms with Gasteiger partial charge in [0.25, 0.3) is 0 Å². The van der Waals surface area contributed by atoms with Crippen LogP contribution in [0.15, 0.2) is 0 Å². The van der Waals surface area contributed by atoms with Gasteiger partial charge in [0.1, 0.15) is 0 Å². The smallest absolute Gasteiger partial charge is 0.234 e. The molecule has 122 valence electrons. The minimum absolute atomic E-state index is 0.145. The molecule has 2 aliphatic rings. The van der Waals surface area contributed by atoms with Crippen molar-refractivity contribution in [3.63, 3.8) is 0 Å². The van der Waals surface area contributed by atoms with Gasteiger partial charge in [0.2, 0.25) is 5.91 Å². The fourth-order valence-corrected chi connectivity index (χ4v) is 4.14. The van der Waals surface area contributed by atoms with Crippen LogP contribution in [-0.4, -0.2) is 38.6 Å². The van der Waals surface area contributed by atoms with Gasteiger partial charge in [-0.2, -0.15) is 0 Å². The Bertz CT molecular complexity index is 305. The van der Waals surface area contributed by atoms with Crippen LogP contribution < -0.4 is 16.0 Å². The summed E-state index contributed by atoms with van der Waals surface area (Å²) in [6.45, 7) is 0.439. The Kier molecular flexibility index (Phi) is 6.97. The average Bonchev–Trinajstić information content (AvgIpc) is 2.50. The van der Waals surface area contributed by atoms with Crippen LogP contribution >= 0.6 is 0 Å². The lowest BCUT2D eigenvalue weighted by Gasteiger charge is -2.34. The minimum atomic E-state index is 0.145. The topological polar surface area (TPSA) is 53.2 Å². The first-order chi connectivity index (χ1) is 10.2. The highest BCUT2D eigenvalue weighted by Crippen LogP contribution is 2.35. The predicted octanol–water partition coefficient (Wildman–Crippen LogP) is 2.05. The van der Waals surface area contributed by atoms with E-state index in [9.17, 15) is 4.79 Å². The maximum Gasteiger partial charge on any atom is 0.234 e. The molecule has 0 saturated heterocycles. The first-order valence-electron chi connectivity index (χ1n) is 8.82. The highest BCUT2D eigenvalue weighted by Gasteiger charge is 2.26. The monoisotopic (exact) mass is 295 g/mol. The van der Waals surface area contributed by atoms with E-state index in [1.54, 1.807) is 0 Å². The summed E-state index contributed by atoms with van der Waals surface area (Å²) in [6.07, 6.45) is 11.9. The molecule has 2 aliphatic carbocycles. The van der Waals surface area contributed by atoms with Crippen molar-refractivity contribution in [3.8, 4) is 0 Å². The van der Waals surface area contributed by atoms with Crippen molar-refractivity contribution < 1.29 is 4.79 Å². The number of likely N-dealkylation sites (N-methyl/N-ethyl adjacent to an activating group) is 1. The van der Waals surface area contributed by atoms with E-state index in [0.717, 1.165) is 17.9 Å². The number of carbonyl (C=O) groups is 1. The summed E-state index contributed by atoms with van der Waals surface area (Å²) in [4.78, 5) is 11.6. The second-order valence-electron chi connectivity index (χ2n) is 7.06. The van der Waals surface area contributed by atoms with E-state index in [4.69, 9.17) is 0 Å². The molecule has 0 aromatic carbocycles.